The van der Waals surface area contributed by atoms with Gasteiger partial charge in [-0.15, -0.1) is 0 Å². The van der Waals surface area contributed by atoms with E-state index in [0.717, 1.165) is 11.8 Å². The van der Waals surface area contributed by atoms with Crippen LogP contribution in [0, 0.1) is 0 Å². The number of nitrogens with one attached hydrogen (secondary N) is 1. The van der Waals surface area contributed by atoms with Gasteiger partial charge in [0, 0.05) is 19.8 Å². The number of nitrogens with zero attached hydrogens (tertiary/aromatic N) is 2. The Bertz CT molecular complexity index is 710. The second-order valence-corrected chi connectivity index (χ2v) is 7.32. The molecule has 2 aromatic heterocycles. The first-order valence-electron chi connectivity index (χ1n) is 6.05. The summed E-state index contributed by atoms with van der Waals surface area (Å²) < 4.78 is 22.6. The highest BCUT2D eigenvalue weighted by atomic mass is 32.2. The fourth-order valence-electron chi connectivity index (χ4n) is 1.62. The molecule has 0 spiro atoms. The Morgan fingerprint density at radius 1 is 1.38 bits per heavy atom. The summed E-state index contributed by atoms with van der Waals surface area (Å²) in [6.07, 6.45) is 2.41. The van der Waals surface area contributed by atoms with Gasteiger partial charge in [0.2, 0.25) is 0 Å². The van der Waals surface area contributed by atoms with Crippen molar-refractivity contribution < 1.29 is 13.2 Å². The average molecular weight is 325 g/mol. The summed E-state index contributed by atoms with van der Waals surface area (Å²) in [5.74, 6) is 0. The molecule has 0 aliphatic heterocycles. The van der Waals surface area contributed by atoms with Crippen LogP contribution >= 0.6 is 11.3 Å². The molecule has 1 N–H and O–H groups in total. The summed E-state index contributed by atoms with van der Waals surface area (Å²) in [6.45, 7) is 0.504. The van der Waals surface area contributed by atoms with Crippen LogP contribution in [0.2, 0.25) is 0 Å². The molecule has 2 aromatic rings. The molecule has 6 nitrogen and oxygen atoms in total. The van der Waals surface area contributed by atoms with Crippen molar-refractivity contribution in [1.82, 2.24) is 9.88 Å². The Morgan fingerprint density at radius 3 is 2.67 bits per heavy atom. The Morgan fingerprint density at radius 2 is 2.14 bits per heavy atom. The summed E-state index contributed by atoms with van der Waals surface area (Å²) in [7, 11) is -1.65. The third-order valence-electron chi connectivity index (χ3n) is 2.71. The van der Waals surface area contributed by atoms with Crippen molar-refractivity contribution >= 4 is 32.9 Å². The Labute approximate surface area is 127 Å². The van der Waals surface area contributed by atoms with E-state index in [2.05, 4.69) is 10.3 Å². The Hall–Kier alpha value is -1.93. The lowest BCUT2D eigenvalue weighted by atomic mass is 10.3. The van der Waals surface area contributed by atoms with Crippen molar-refractivity contribution in [3.63, 3.8) is 0 Å². The standard InChI is InChI=1S/C13H15N3O3S2/c1-16(8-10-5-6-20-9-10)13(17)15-11-3-4-12(14-7-11)21(2,18)19/h3-7,9H,8H2,1-2H3,(H,15,17). The first-order valence-corrected chi connectivity index (χ1v) is 8.89. The summed E-state index contributed by atoms with van der Waals surface area (Å²) in [5.41, 5.74) is 1.51. The smallest absolute Gasteiger partial charge is 0.321 e. The van der Waals surface area contributed by atoms with E-state index >= 15 is 0 Å². The number of urea groups is 1. The summed E-state index contributed by atoms with van der Waals surface area (Å²) >= 11 is 1.58. The fraction of sp³-hybridized carbons (Fsp3) is 0.231. The maximum atomic E-state index is 12.0. The minimum absolute atomic E-state index is 0.0212. The van der Waals surface area contributed by atoms with Crippen molar-refractivity contribution in [2.75, 3.05) is 18.6 Å². The van der Waals surface area contributed by atoms with Crippen molar-refractivity contribution in [3.05, 3.63) is 40.7 Å². The maximum Gasteiger partial charge on any atom is 0.321 e. The van der Waals surface area contributed by atoms with Gasteiger partial charge in [0.1, 0.15) is 0 Å². The van der Waals surface area contributed by atoms with Gasteiger partial charge in [-0.05, 0) is 34.5 Å². The highest BCUT2D eigenvalue weighted by Gasteiger charge is 2.12. The number of thiophene rings is 1. The lowest BCUT2D eigenvalue weighted by molar-refractivity contribution is 0.220. The number of pyridine rings is 1. The molecule has 0 aromatic carbocycles. The van der Waals surface area contributed by atoms with Crippen LogP contribution in [0.3, 0.4) is 0 Å². The van der Waals surface area contributed by atoms with Gasteiger partial charge in [-0.3, -0.25) is 0 Å². The first-order chi connectivity index (χ1) is 9.86. The number of hydrogen-bond donors (Lipinski definition) is 1. The highest BCUT2D eigenvalue weighted by Crippen LogP contribution is 2.12. The van der Waals surface area contributed by atoms with Crippen LogP contribution in [0.25, 0.3) is 0 Å². The molecular formula is C13H15N3O3S2. The van der Waals surface area contributed by atoms with Crippen LogP contribution in [-0.2, 0) is 16.4 Å². The summed E-state index contributed by atoms with van der Waals surface area (Å²) in [6, 6.07) is 4.55. The molecule has 0 saturated heterocycles. The van der Waals surface area contributed by atoms with Crippen LogP contribution < -0.4 is 5.32 Å². The molecule has 0 unspecified atom stereocenters. The molecule has 8 heteroatoms. The molecular weight excluding hydrogens is 310 g/mol. The third kappa shape index (κ3) is 4.27. The average Bonchev–Trinajstić information content (AvgIpc) is 2.91. The van der Waals surface area contributed by atoms with Gasteiger partial charge >= 0.3 is 6.03 Å². The topological polar surface area (TPSA) is 79.4 Å². The van der Waals surface area contributed by atoms with Gasteiger partial charge in [0.15, 0.2) is 14.9 Å². The van der Waals surface area contributed by atoms with Crippen molar-refractivity contribution in [2.24, 2.45) is 0 Å². The predicted octanol–water partition coefficient (Wildman–Crippen LogP) is 2.21. The van der Waals surface area contributed by atoms with Crippen LogP contribution in [-0.4, -0.2) is 37.6 Å². The van der Waals surface area contributed by atoms with Crippen LogP contribution in [0.5, 0.6) is 0 Å². The number of sulfone groups is 1. The zero-order chi connectivity index (χ0) is 15.5. The normalized spacial score (nSPS) is 11.1. The Kier molecular flexibility index (Phi) is 4.59. The molecule has 2 amide bonds. The second-order valence-electron chi connectivity index (χ2n) is 4.58. The number of anilines is 1. The zero-order valence-corrected chi connectivity index (χ0v) is 13.2. The molecule has 21 heavy (non-hydrogen) atoms. The van der Waals surface area contributed by atoms with Gasteiger partial charge in [0.05, 0.1) is 11.9 Å². The molecule has 0 saturated carbocycles. The Balaban J connectivity index is 1.99. The molecule has 0 atom stereocenters. The van der Waals surface area contributed by atoms with Crippen LogP contribution in [0.15, 0.2) is 40.2 Å². The lowest BCUT2D eigenvalue weighted by Crippen LogP contribution is -2.30. The summed E-state index contributed by atoms with van der Waals surface area (Å²) in [5, 5.41) is 6.58. The number of carbonyl (C=O) groups excluding carboxylic acids is 1. The van der Waals surface area contributed by atoms with E-state index in [4.69, 9.17) is 0 Å². The highest BCUT2D eigenvalue weighted by molar-refractivity contribution is 7.90. The number of aromatic nitrogens is 1. The van der Waals surface area contributed by atoms with Crippen molar-refractivity contribution in [1.29, 1.82) is 0 Å². The molecule has 0 aliphatic carbocycles. The van der Waals surface area contributed by atoms with E-state index in [1.807, 2.05) is 16.8 Å². The maximum absolute atomic E-state index is 12.0. The quantitative estimate of drug-likeness (QED) is 0.934. The SMILES string of the molecule is CN(Cc1ccsc1)C(=O)Nc1ccc(S(C)(=O)=O)nc1. The van der Waals surface area contributed by atoms with Crippen molar-refractivity contribution in [3.8, 4) is 0 Å². The van der Waals surface area contributed by atoms with Crippen LogP contribution in [0.1, 0.15) is 5.56 Å². The van der Waals surface area contributed by atoms with E-state index < -0.39 is 9.84 Å². The monoisotopic (exact) mass is 325 g/mol. The van der Waals surface area contributed by atoms with Gasteiger partial charge < -0.3 is 10.2 Å². The number of carbonyl (C=O) groups is 1. The second kappa shape index (κ2) is 6.23. The third-order valence-corrected chi connectivity index (χ3v) is 4.45. The van der Waals surface area contributed by atoms with Gasteiger partial charge in [-0.1, -0.05) is 0 Å². The molecule has 2 rings (SSSR count). The molecule has 0 aliphatic rings. The van der Waals surface area contributed by atoms with E-state index in [1.54, 1.807) is 18.4 Å². The molecule has 2 heterocycles. The van der Waals surface area contributed by atoms with Crippen LogP contribution in [0.4, 0.5) is 10.5 Å². The number of rotatable bonds is 4. The predicted molar refractivity (Wildman–Crippen MR) is 82.2 cm³/mol. The lowest BCUT2D eigenvalue weighted by Gasteiger charge is -2.17. The summed E-state index contributed by atoms with van der Waals surface area (Å²) in [4.78, 5) is 17.3. The number of amides is 2. The zero-order valence-electron chi connectivity index (χ0n) is 11.6. The molecule has 112 valence electrons. The van der Waals surface area contributed by atoms with E-state index in [-0.39, 0.29) is 11.1 Å². The van der Waals surface area contributed by atoms with E-state index in [0.29, 0.717) is 12.2 Å². The van der Waals surface area contributed by atoms with Crippen molar-refractivity contribution in [2.45, 2.75) is 11.6 Å². The molecule has 0 fully saturated rings. The van der Waals surface area contributed by atoms with E-state index in [1.165, 1.54) is 23.2 Å². The van der Waals surface area contributed by atoms with Gasteiger partial charge in [0.25, 0.3) is 0 Å². The van der Waals surface area contributed by atoms with Gasteiger partial charge in [-0.25, -0.2) is 18.2 Å². The molecule has 0 bridgehead atoms. The minimum atomic E-state index is -3.33. The van der Waals surface area contributed by atoms with E-state index in [9.17, 15) is 13.2 Å². The first kappa shape index (κ1) is 15.5. The largest absolute Gasteiger partial charge is 0.323 e. The number of hydrogen-bond acceptors (Lipinski definition) is 5. The minimum Gasteiger partial charge on any atom is -0.323 e. The molecule has 0 radical (unpaired) electrons. The van der Waals surface area contributed by atoms with Gasteiger partial charge in [-0.2, -0.15) is 11.3 Å². The fourth-order valence-corrected chi connectivity index (χ4v) is 2.84.